The van der Waals surface area contributed by atoms with Gasteiger partial charge in [-0.05, 0) is 25.8 Å². The van der Waals surface area contributed by atoms with E-state index in [9.17, 15) is 0 Å². The maximum absolute atomic E-state index is 5.45. The van der Waals surface area contributed by atoms with E-state index in [0.717, 1.165) is 6.54 Å². The van der Waals surface area contributed by atoms with E-state index >= 15 is 0 Å². The molecule has 0 aliphatic carbocycles. The molecule has 1 rings (SSSR count). The molecule has 1 fully saturated rings. The predicted molar refractivity (Wildman–Crippen MR) is 57.5 cm³/mol. The Kier molecular flexibility index (Phi) is 4.74. The van der Waals surface area contributed by atoms with Gasteiger partial charge in [0.2, 0.25) is 0 Å². The topological polar surface area (TPSA) is 26.0 Å². The van der Waals surface area contributed by atoms with Crippen LogP contribution in [0.5, 0.6) is 0 Å². The molecule has 1 saturated heterocycles. The van der Waals surface area contributed by atoms with Gasteiger partial charge in [-0.25, -0.2) is 0 Å². The Bertz CT molecular complexity index is 128. The Morgan fingerprint density at radius 3 is 2.23 bits per heavy atom. The van der Waals surface area contributed by atoms with Crippen molar-refractivity contribution in [1.29, 1.82) is 0 Å². The maximum Gasteiger partial charge on any atom is 0.0786 e. The molecule has 0 radical (unpaired) electrons. The van der Waals surface area contributed by atoms with E-state index < -0.39 is 0 Å². The van der Waals surface area contributed by atoms with Crippen LogP contribution in [0.15, 0.2) is 0 Å². The van der Waals surface area contributed by atoms with Crippen molar-refractivity contribution in [3.8, 4) is 0 Å². The average Bonchev–Trinajstić information content (AvgIpc) is 2.53. The van der Waals surface area contributed by atoms with Gasteiger partial charge in [-0.2, -0.15) is 0 Å². The second kappa shape index (κ2) is 5.61. The molecule has 13 heavy (non-hydrogen) atoms. The molecular weight excluding hydrogens is 160 g/mol. The summed E-state index contributed by atoms with van der Waals surface area (Å²) in [5.41, 5.74) is 5.45. The van der Waals surface area contributed by atoms with E-state index in [2.05, 4.69) is 7.05 Å². The van der Waals surface area contributed by atoms with E-state index in [1.807, 2.05) is 0 Å². The van der Waals surface area contributed by atoms with Crippen molar-refractivity contribution in [2.24, 2.45) is 5.73 Å². The lowest BCUT2D eigenvalue weighted by Gasteiger charge is -2.29. The lowest BCUT2D eigenvalue weighted by Crippen LogP contribution is -2.41. The summed E-state index contributed by atoms with van der Waals surface area (Å²) >= 11 is 0. The smallest absolute Gasteiger partial charge is 0.0786 e. The summed E-state index contributed by atoms with van der Waals surface area (Å²) < 4.78 is 1.34. The average molecular weight is 185 g/mol. The Hall–Kier alpha value is -0.0800. The van der Waals surface area contributed by atoms with Crippen LogP contribution < -0.4 is 5.73 Å². The minimum Gasteiger partial charge on any atom is -0.330 e. The second-order valence-electron chi connectivity index (χ2n) is 4.70. The lowest BCUT2D eigenvalue weighted by atomic mass is 10.2. The molecule has 0 aromatic rings. The summed E-state index contributed by atoms with van der Waals surface area (Å²) in [4.78, 5) is 0. The largest absolute Gasteiger partial charge is 0.330 e. The van der Waals surface area contributed by atoms with Crippen LogP contribution in [0.4, 0.5) is 0 Å². The third-order valence-electron chi connectivity index (χ3n) is 3.30. The zero-order chi connectivity index (χ0) is 9.57. The van der Waals surface area contributed by atoms with Crippen molar-refractivity contribution < 1.29 is 4.48 Å². The fourth-order valence-electron chi connectivity index (χ4n) is 2.31. The first-order valence-corrected chi connectivity index (χ1v) is 5.80. The van der Waals surface area contributed by atoms with Gasteiger partial charge in [0.15, 0.2) is 0 Å². The summed E-state index contributed by atoms with van der Waals surface area (Å²) in [5.74, 6) is 0. The molecule has 78 valence electrons. The molecule has 1 heterocycles. The van der Waals surface area contributed by atoms with Crippen LogP contribution in [0.1, 0.15) is 38.5 Å². The van der Waals surface area contributed by atoms with Gasteiger partial charge in [-0.1, -0.05) is 6.42 Å². The van der Waals surface area contributed by atoms with Crippen molar-refractivity contribution in [2.75, 3.05) is 33.2 Å². The van der Waals surface area contributed by atoms with Crippen molar-refractivity contribution in [3.05, 3.63) is 0 Å². The minimum atomic E-state index is 0.867. The highest BCUT2D eigenvalue weighted by atomic mass is 15.3. The van der Waals surface area contributed by atoms with Gasteiger partial charge in [0.05, 0.1) is 26.7 Å². The Morgan fingerprint density at radius 2 is 1.62 bits per heavy atom. The summed E-state index contributed by atoms with van der Waals surface area (Å²) in [5, 5.41) is 0. The summed E-state index contributed by atoms with van der Waals surface area (Å²) in [6.07, 6.45) is 8.21. The lowest BCUT2D eigenvalue weighted by molar-refractivity contribution is -0.897. The minimum absolute atomic E-state index is 0.867. The second-order valence-corrected chi connectivity index (χ2v) is 4.70. The number of unbranched alkanes of at least 4 members (excludes halogenated alkanes) is 3. The summed E-state index contributed by atoms with van der Waals surface area (Å²) in [6, 6.07) is 0. The molecule has 0 bridgehead atoms. The fraction of sp³-hybridized carbons (Fsp3) is 1.00. The van der Waals surface area contributed by atoms with Crippen molar-refractivity contribution in [3.63, 3.8) is 0 Å². The van der Waals surface area contributed by atoms with Crippen LogP contribution in [-0.2, 0) is 0 Å². The van der Waals surface area contributed by atoms with Crippen molar-refractivity contribution in [2.45, 2.75) is 38.5 Å². The van der Waals surface area contributed by atoms with Gasteiger partial charge in [0.25, 0.3) is 0 Å². The number of hydrogen-bond acceptors (Lipinski definition) is 1. The standard InChI is InChI=1S/C11H25N2/c1-13(10-6-7-11-13)9-5-3-2-4-8-12/h2-12H2,1H3/q+1. The summed E-state index contributed by atoms with van der Waals surface area (Å²) in [6.45, 7) is 5.09. The molecule has 0 unspecified atom stereocenters. The molecule has 0 spiro atoms. The molecule has 2 heteroatoms. The molecule has 1 aliphatic heterocycles. The van der Waals surface area contributed by atoms with E-state index in [4.69, 9.17) is 5.73 Å². The number of nitrogens with zero attached hydrogens (tertiary/aromatic N) is 1. The molecular formula is C11H25N2+. The highest BCUT2D eigenvalue weighted by molar-refractivity contribution is 4.52. The zero-order valence-corrected chi connectivity index (χ0v) is 9.10. The van der Waals surface area contributed by atoms with E-state index in [1.165, 1.54) is 62.6 Å². The van der Waals surface area contributed by atoms with Crippen LogP contribution in [0, 0.1) is 0 Å². The molecule has 2 nitrogen and oxygen atoms in total. The van der Waals surface area contributed by atoms with Crippen molar-refractivity contribution in [1.82, 2.24) is 0 Å². The Morgan fingerprint density at radius 1 is 1.00 bits per heavy atom. The van der Waals surface area contributed by atoms with E-state index in [1.54, 1.807) is 0 Å². The van der Waals surface area contributed by atoms with Crippen LogP contribution in [-0.4, -0.2) is 37.7 Å². The molecule has 0 aromatic heterocycles. The third-order valence-corrected chi connectivity index (χ3v) is 3.30. The van der Waals surface area contributed by atoms with E-state index in [-0.39, 0.29) is 0 Å². The first kappa shape index (κ1) is 11.0. The summed E-state index contributed by atoms with van der Waals surface area (Å²) in [7, 11) is 2.41. The number of hydrogen-bond donors (Lipinski definition) is 1. The molecule has 0 amide bonds. The SMILES string of the molecule is C[N+]1(CCCCCCN)CCCC1. The molecule has 0 saturated carbocycles. The number of quaternary nitrogens is 1. The van der Waals surface area contributed by atoms with Crippen LogP contribution in [0.3, 0.4) is 0 Å². The first-order chi connectivity index (χ1) is 6.27. The normalized spacial score (nSPS) is 20.8. The molecule has 0 aromatic carbocycles. The fourth-order valence-corrected chi connectivity index (χ4v) is 2.31. The van der Waals surface area contributed by atoms with Gasteiger partial charge < -0.3 is 10.2 Å². The molecule has 2 N–H and O–H groups in total. The maximum atomic E-state index is 5.45. The first-order valence-electron chi connectivity index (χ1n) is 5.80. The molecule has 1 aliphatic rings. The number of likely N-dealkylation sites (tertiary alicyclic amines) is 1. The van der Waals surface area contributed by atoms with Gasteiger partial charge in [0, 0.05) is 12.8 Å². The number of rotatable bonds is 6. The Labute approximate surface area is 82.7 Å². The predicted octanol–water partition coefficient (Wildman–Crippen LogP) is 1.75. The van der Waals surface area contributed by atoms with Gasteiger partial charge >= 0.3 is 0 Å². The quantitative estimate of drug-likeness (QED) is 0.495. The van der Waals surface area contributed by atoms with Gasteiger partial charge in [-0.3, -0.25) is 0 Å². The van der Waals surface area contributed by atoms with Crippen LogP contribution in [0.2, 0.25) is 0 Å². The highest BCUT2D eigenvalue weighted by Crippen LogP contribution is 2.17. The van der Waals surface area contributed by atoms with Gasteiger partial charge in [-0.15, -0.1) is 0 Å². The molecule has 0 atom stereocenters. The monoisotopic (exact) mass is 185 g/mol. The number of nitrogens with two attached hydrogens (primary N) is 1. The van der Waals surface area contributed by atoms with Crippen LogP contribution >= 0.6 is 0 Å². The van der Waals surface area contributed by atoms with Crippen LogP contribution in [0.25, 0.3) is 0 Å². The van der Waals surface area contributed by atoms with Gasteiger partial charge in [0.1, 0.15) is 0 Å². The zero-order valence-electron chi connectivity index (χ0n) is 9.10. The van der Waals surface area contributed by atoms with Crippen molar-refractivity contribution >= 4 is 0 Å². The Balaban J connectivity index is 1.98. The third kappa shape index (κ3) is 4.10. The van der Waals surface area contributed by atoms with E-state index in [0.29, 0.717) is 0 Å². The highest BCUT2D eigenvalue weighted by Gasteiger charge is 2.25.